The van der Waals surface area contributed by atoms with Gasteiger partial charge in [-0.3, -0.25) is 0 Å². The maximum absolute atomic E-state index is 12.3. The molecule has 1 aromatic rings. The van der Waals surface area contributed by atoms with E-state index in [0.717, 1.165) is 12.8 Å². The molecule has 140 valence electrons. The lowest BCUT2D eigenvalue weighted by molar-refractivity contribution is 0.00707. The van der Waals surface area contributed by atoms with Gasteiger partial charge in [0.05, 0.1) is 19.2 Å². The third-order valence-corrected chi connectivity index (χ3v) is 4.00. The number of likely N-dealkylation sites (tertiary alicyclic amines) is 1. The molecule has 0 bridgehead atoms. The smallest absolute Gasteiger partial charge is 0.410 e. The van der Waals surface area contributed by atoms with Crippen LogP contribution < -0.4 is 9.47 Å². The summed E-state index contributed by atoms with van der Waals surface area (Å²) < 4.78 is 16.9. The van der Waals surface area contributed by atoms with E-state index in [1.165, 1.54) is 11.8 Å². The third kappa shape index (κ3) is 6.26. The molecular weight excluding hydrogens is 342 g/mol. The van der Waals surface area contributed by atoms with Gasteiger partial charge in [-0.2, -0.15) is 9.97 Å². The molecule has 2 rings (SSSR count). The molecule has 0 spiro atoms. The summed E-state index contributed by atoms with van der Waals surface area (Å²) in [5, 5.41) is 0.598. The first kappa shape index (κ1) is 19.6. The van der Waals surface area contributed by atoms with Crippen molar-refractivity contribution >= 4 is 17.9 Å². The number of thioether (sulfide) groups is 1. The Hall–Kier alpha value is -1.70. The largest absolute Gasteiger partial charge is 0.478 e. The normalized spacial score (nSPS) is 18.0. The van der Waals surface area contributed by atoms with Crippen molar-refractivity contribution in [3.8, 4) is 11.8 Å². The molecule has 1 aliphatic rings. The highest BCUT2D eigenvalue weighted by atomic mass is 32.2. The van der Waals surface area contributed by atoms with E-state index >= 15 is 0 Å². The molecule has 1 aliphatic heterocycles. The molecule has 0 saturated carbocycles. The van der Waals surface area contributed by atoms with Crippen LogP contribution in [-0.2, 0) is 4.74 Å². The number of ether oxygens (including phenoxy) is 3. The van der Waals surface area contributed by atoms with Crippen LogP contribution in [0, 0.1) is 0 Å². The van der Waals surface area contributed by atoms with E-state index < -0.39 is 5.60 Å². The van der Waals surface area contributed by atoms with Crippen molar-refractivity contribution in [1.82, 2.24) is 14.9 Å². The van der Waals surface area contributed by atoms with Crippen molar-refractivity contribution < 1.29 is 19.0 Å². The number of rotatable bonds is 5. The Morgan fingerprint density at radius 3 is 2.72 bits per heavy atom. The molecule has 2 heterocycles. The average Bonchev–Trinajstić information content (AvgIpc) is 2.53. The van der Waals surface area contributed by atoms with Crippen LogP contribution in [0.2, 0.25) is 0 Å². The Balaban J connectivity index is 2.02. The summed E-state index contributed by atoms with van der Waals surface area (Å²) in [6.07, 6.45) is 3.20. The first-order chi connectivity index (χ1) is 11.8. The highest BCUT2D eigenvalue weighted by Crippen LogP contribution is 2.24. The van der Waals surface area contributed by atoms with Gasteiger partial charge >= 0.3 is 6.09 Å². The van der Waals surface area contributed by atoms with Crippen molar-refractivity contribution in [2.75, 3.05) is 26.0 Å². The number of piperidine rings is 1. The summed E-state index contributed by atoms with van der Waals surface area (Å²) in [6.45, 7) is 9.19. The van der Waals surface area contributed by atoms with Gasteiger partial charge in [-0.05, 0) is 46.8 Å². The Bertz CT molecular complexity index is 592. The Morgan fingerprint density at radius 1 is 1.36 bits per heavy atom. The van der Waals surface area contributed by atoms with E-state index in [9.17, 15) is 4.79 Å². The summed E-state index contributed by atoms with van der Waals surface area (Å²) in [6, 6.07) is 1.69. The second-order valence-corrected chi connectivity index (χ2v) is 7.55. The van der Waals surface area contributed by atoms with Crippen molar-refractivity contribution in [3.63, 3.8) is 0 Å². The van der Waals surface area contributed by atoms with Crippen molar-refractivity contribution in [1.29, 1.82) is 0 Å². The minimum atomic E-state index is -0.503. The van der Waals surface area contributed by atoms with Crippen LogP contribution in [0.5, 0.6) is 11.8 Å². The predicted molar refractivity (Wildman–Crippen MR) is 96.4 cm³/mol. The first-order valence-electron chi connectivity index (χ1n) is 8.51. The lowest BCUT2D eigenvalue weighted by Gasteiger charge is -2.33. The highest BCUT2D eigenvalue weighted by molar-refractivity contribution is 7.98. The number of aromatic nitrogens is 2. The number of amides is 1. The minimum Gasteiger partial charge on any atom is -0.478 e. The zero-order valence-electron chi connectivity index (χ0n) is 15.6. The highest BCUT2D eigenvalue weighted by Gasteiger charge is 2.29. The molecule has 0 aliphatic carbocycles. The maximum atomic E-state index is 12.3. The number of carbonyl (C=O) groups is 1. The van der Waals surface area contributed by atoms with Crippen molar-refractivity contribution in [3.05, 3.63) is 6.07 Å². The van der Waals surface area contributed by atoms with Crippen LogP contribution >= 0.6 is 11.8 Å². The summed E-state index contributed by atoms with van der Waals surface area (Å²) in [5.74, 6) is 0.968. The molecule has 8 heteroatoms. The van der Waals surface area contributed by atoms with Gasteiger partial charge in [0.25, 0.3) is 0 Å². The van der Waals surface area contributed by atoms with Gasteiger partial charge in [-0.15, -0.1) is 0 Å². The molecule has 1 aromatic heterocycles. The van der Waals surface area contributed by atoms with E-state index in [-0.39, 0.29) is 12.2 Å². The number of hydrogen-bond donors (Lipinski definition) is 0. The zero-order chi connectivity index (χ0) is 18.4. The van der Waals surface area contributed by atoms with Crippen LogP contribution in [0.15, 0.2) is 11.2 Å². The first-order valence-corrected chi connectivity index (χ1v) is 9.73. The molecule has 0 radical (unpaired) electrons. The third-order valence-electron chi connectivity index (χ3n) is 3.45. The van der Waals surface area contributed by atoms with Crippen LogP contribution in [0.3, 0.4) is 0 Å². The molecule has 25 heavy (non-hydrogen) atoms. The number of carbonyl (C=O) groups excluding carboxylic acids is 1. The van der Waals surface area contributed by atoms with E-state index in [1.807, 2.05) is 34.0 Å². The topological polar surface area (TPSA) is 73.8 Å². The number of nitrogens with zero attached hydrogens (tertiary/aromatic N) is 3. The van der Waals surface area contributed by atoms with Crippen LogP contribution in [0.1, 0.15) is 40.5 Å². The molecule has 1 amide bonds. The maximum Gasteiger partial charge on any atom is 0.410 e. The molecule has 1 fully saturated rings. The SMILES string of the molecule is CCOc1cc(OC2CCCN(C(=O)OC(C)(C)C)C2)nc(SC)n1. The lowest BCUT2D eigenvalue weighted by atomic mass is 10.1. The monoisotopic (exact) mass is 369 g/mol. The summed E-state index contributed by atoms with van der Waals surface area (Å²) >= 11 is 1.43. The second kappa shape index (κ2) is 8.60. The van der Waals surface area contributed by atoms with Crippen molar-refractivity contribution in [2.24, 2.45) is 0 Å². The molecule has 0 aromatic carbocycles. The Labute approximate surface area is 153 Å². The summed E-state index contributed by atoms with van der Waals surface area (Å²) in [4.78, 5) is 22.6. The van der Waals surface area contributed by atoms with Crippen molar-refractivity contribution in [2.45, 2.75) is 57.4 Å². The van der Waals surface area contributed by atoms with Gasteiger partial charge in [-0.25, -0.2) is 4.79 Å². The fraction of sp³-hybridized carbons (Fsp3) is 0.706. The molecule has 0 N–H and O–H groups in total. The Kier molecular flexibility index (Phi) is 6.75. The number of hydrogen-bond acceptors (Lipinski definition) is 7. The fourth-order valence-corrected chi connectivity index (χ4v) is 2.82. The summed E-state index contributed by atoms with van der Waals surface area (Å²) in [5.41, 5.74) is -0.503. The lowest BCUT2D eigenvalue weighted by Crippen LogP contribution is -2.46. The summed E-state index contributed by atoms with van der Waals surface area (Å²) in [7, 11) is 0. The van der Waals surface area contributed by atoms with Gasteiger partial charge in [0.15, 0.2) is 5.16 Å². The van der Waals surface area contributed by atoms with Crippen LogP contribution in [0.4, 0.5) is 4.79 Å². The fourth-order valence-electron chi connectivity index (χ4n) is 2.45. The van der Waals surface area contributed by atoms with Gasteiger partial charge < -0.3 is 19.1 Å². The van der Waals surface area contributed by atoms with E-state index in [1.54, 1.807) is 11.0 Å². The van der Waals surface area contributed by atoms with Crippen LogP contribution in [-0.4, -0.2) is 58.6 Å². The minimum absolute atomic E-state index is 0.125. The van der Waals surface area contributed by atoms with E-state index in [4.69, 9.17) is 14.2 Å². The van der Waals surface area contributed by atoms with Gasteiger partial charge in [0, 0.05) is 6.54 Å². The average molecular weight is 369 g/mol. The van der Waals surface area contributed by atoms with Gasteiger partial charge in [-0.1, -0.05) is 11.8 Å². The van der Waals surface area contributed by atoms with Gasteiger partial charge in [0.1, 0.15) is 11.7 Å². The molecule has 1 unspecified atom stereocenters. The molecule has 7 nitrogen and oxygen atoms in total. The predicted octanol–water partition coefficient (Wildman–Crippen LogP) is 3.38. The standard InChI is InChI=1S/C17H27N3O4S/c1-6-22-13-10-14(19-15(18-13)25-5)23-12-8-7-9-20(11-12)16(21)24-17(2,3)4/h10,12H,6-9,11H2,1-5H3. The van der Waals surface area contributed by atoms with Gasteiger partial charge in [0.2, 0.25) is 11.8 Å². The molecule has 1 saturated heterocycles. The van der Waals surface area contributed by atoms with E-state index in [0.29, 0.717) is 36.6 Å². The Morgan fingerprint density at radius 2 is 2.08 bits per heavy atom. The second-order valence-electron chi connectivity index (χ2n) is 6.77. The zero-order valence-corrected chi connectivity index (χ0v) is 16.4. The quantitative estimate of drug-likeness (QED) is 0.582. The van der Waals surface area contributed by atoms with E-state index in [2.05, 4.69) is 9.97 Å². The molecular formula is C17H27N3O4S. The van der Waals surface area contributed by atoms with Crippen LogP contribution in [0.25, 0.3) is 0 Å². The molecule has 1 atom stereocenters.